The normalized spacial score (nSPS) is 10.7. The van der Waals surface area contributed by atoms with E-state index in [9.17, 15) is 18.4 Å². The molecule has 2 aromatic heterocycles. The van der Waals surface area contributed by atoms with E-state index in [1.54, 1.807) is 24.5 Å². The molecule has 0 fully saturated rings. The molecule has 3 aromatic rings. The number of benzene rings is 1. The number of pyridine rings is 1. The highest BCUT2D eigenvalue weighted by Gasteiger charge is 2.12. The topological polar surface area (TPSA) is 68.9 Å². The van der Waals surface area contributed by atoms with Crippen molar-refractivity contribution < 1.29 is 8.78 Å². The molecule has 0 aliphatic rings. The maximum Gasteiger partial charge on any atom is 0.332 e. The second-order valence-electron chi connectivity index (χ2n) is 5.74. The van der Waals surface area contributed by atoms with E-state index >= 15 is 0 Å². The summed E-state index contributed by atoms with van der Waals surface area (Å²) < 4.78 is 29.2. The molecule has 0 amide bonds. The van der Waals surface area contributed by atoms with Gasteiger partial charge in [-0.3, -0.25) is 18.9 Å². The number of aromatic nitrogens is 3. The molecular weight excluding hydrogens is 342 g/mol. The van der Waals surface area contributed by atoms with Crippen LogP contribution in [0.5, 0.6) is 0 Å². The molecule has 0 saturated heterocycles. The lowest BCUT2D eigenvalue weighted by Gasteiger charge is -2.16. The van der Waals surface area contributed by atoms with E-state index in [2.05, 4.69) is 10.3 Å². The lowest BCUT2D eigenvalue weighted by molar-refractivity contribution is 0.559. The molecule has 0 bridgehead atoms. The second-order valence-corrected chi connectivity index (χ2v) is 5.74. The molecule has 2 heterocycles. The Labute approximate surface area is 147 Å². The highest BCUT2D eigenvalue weighted by Crippen LogP contribution is 2.13. The summed E-state index contributed by atoms with van der Waals surface area (Å²) in [6, 6.07) is 7.99. The molecule has 0 spiro atoms. The number of anilines is 1. The molecule has 6 nitrogen and oxygen atoms in total. The number of nitrogens with one attached hydrogen (secondary N) is 1. The molecule has 0 aliphatic carbocycles. The summed E-state index contributed by atoms with van der Waals surface area (Å²) >= 11 is 0. The second kappa shape index (κ2) is 7.30. The summed E-state index contributed by atoms with van der Waals surface area (Å²) in [7, 11) is 1.34. The van der Waals surface area contributed by atoms with E-state index in [1.165, 1.54) is 23.7 Å². The first-order valence-corrected chi connectivity index (χ1v) is 7.83. The fraction of sp³-hybridized carbons (Fsp3) is 0.167. The van der Waals surface area contributed by atoms with Crippen LogP contribution in [0, 0.1) is 11.6 Å². The number of hydrogen-bond donors (Lipinski definition) is 1. The van der Waals surface area contributed by atoms with Crippen LogP contribution in [0.25, 0.3) is 0 Å². The van der Waals surface area contributed by atoms with Gasteiger partial charge in [-0.1, -0.05) is 6.07 Å². The van der Waals surface area contributed by atoms with Crippen molar-refractivity contribution in [3.63, 3.8) is 0 Å². The van der Waals surface area contributed by atoms with Gasteiger partial charge >= 0.3 is 5.69 Å². The Balaban J connectivity index is 1.98. The number of nitrogens with zero attached hydrogens (tertiary/aromatic N) is 3. The van der Waals surface area contributed by atoms with Crippen molar-refractivity contribution in [2.75, 3.05) is 5.32 Å². The van der Waals surface area contributed by atoms with Gasteiger partial charge < -0.3 is 5.32 Å². The van der Waals surface area contributed by atoms with Gasteiger partial charge in [0.1, 0.15) is 17.5 Å². The van der Waals surface area contributed by atoms with E-state index < -0.39 is 22.9 Å². The number of rotatable bonds is 5. The predicted molar refractivity (Wildman–Crippen MR) is 93.0 cm³/mol. The fourth-order valence-corrected chi connectivity index (χ4v) is 2.48. The van der Waals surface area contributed by atoms with Gasteiger partial charge in [0, 0.05) is 43.7 Å². The molecular formula is C18H16F2N4O2. The van der Waals surface area contributed by atoms with Gasteiger partial charge in [-0.2, -0.15) is 0 Å². The summed E-state index contributed by atoms with van der Waals surface area (Å²) in [4.78, 5) is 28.4. The van der Waals surface area contributed by atoms with Crippen molar-refractivity contribution in [3.05, 3.63) is 92.4 Å². The van der Waals surface area contributed by atoms with Crippen LogP contribution in [-0.2, 0) is 20.1 Å². The first-order chi connectivity index (χ1) is 12.5. The maximum absolute atomic E-state index is 14.0. The monoisotopic (exact) mass is 358 g/mol. The van der Waals surface area contributed by atoms with Crippen LogP contribution in [0.1, 0.15) is 11.1 Å². The third kappa shape index (κ3) is 3.69. The average Bonchev–Trinajstić information content (AvgIpc) is 2.63. The van der Waals surface area contributed by atoms with Gasteiger partial charge in [-0.05, 0) is 23.8 Å². The van der Waals surface area contributed by atoms with Gasteiger partial charge in [-0.15, -0.1) is 0 Å². The molecule has 0 unspecified atom stereocenters. The zero-order chi connectivity index (χ0) is 18.7. The third-order valence-electron chi connectivity index (χ3n) is 3.97. The predicted octanol–water partition coefficient (Wildman–Crippen LogP) is 1.88. The SMILES string of the molecule is Cn1c(=O)cc(NCc2ccncc2)n(Cc2ccc(F)cc2F)c1=O. The zero-order valence-corrected chi connectivity index (χ0v) is 13.9. The highest BCUT2D eigenvalue weighted by atomic mass is 19.1. The van der Waals surface area contributed by atoms with Crippen molar-refractivity contribution in [2.45, 2.75) is 13.1 Å². The summed E-state index contributed by atoms with van der Waals surface area (Å²) in [5.74, 6) is -1.21. The summed E-state index contributed by atoms with van der Waals surface area (Å²) in [5, 5.41) is 3.01. The van der Waals surface area contributed by atoms with Gasteiger partial charge in [0.05, 0.1) is 6.54 Å². The number of hydrogen-bond acceptors (Lipinski definition) is 4. The molecule has 0 aliphatic heterocycles. The Bertz CT molecular complexity index is 1050. The standard InChI is InChI=1S/C18H16F2N4O2/c1-23-17(25)9-16(22-10-12-4-6-21-7-5-12)24(18(23)26)11-13-2-3-14(19)8-15(13)20/h2-9,22H,10-11H2,1H3. The minimum absolute atomic E-state index is 0.138. The van der Waals surface area contributed by atoms with E-state index in [0.29, 0.717) is 6.54 Å². The minimum atomic E-state index is -0.758. The first-order valence-electron chi connectivity index (χ1n) is 7.83. The Morgan fingerprint density at radius 1 is 1.08 bits per heavy atom. The highest BCUT2D eigenvalue weighted by molar-refractivity contribution is 5.36. The van der Waals surface area contributed by atoms with Gasteiger partial charge in [-0.25, -0.2) is 13.6 Å². The van der Waals surface area contributed by atoms with Crippen LogP contribution in [0.2, 0.25) is 0 Å². The van der Waals surface area contributed by atoms with Crippen LogP contribution in [0.3, 0.4) is 0 Å². The fourth-order valence-electron chi connectivity index (χ4n) is 2.48. The Hall–Kier alpha value is -3.29. The molecule has 1 N–H and O–H groups in total. The van der Waals surface area contributed by atoms with Crippen LogP contribution < -0.4 is 16.6 Å². The lowest BCUT2D eigenvalue weighted by Crippen LogP contribution is -2.39. The first kappa shape index (κ1) is 17.5. The summed E-state index contributed by atoms with van der Waals surface area (Å²) in [6.07, 6.45) is 3.25. The van der Waals surface area contributed by atoms with Crippen molar-refractivity contribution in [3.8, 4) is 0 Å². The van der Waals surface area contributed by atoms with E-state index in [-0.39, 0.29) is 17.9 Å². The molecule has 26 heavy (non-hydrogen) atoms. The molecule has 0 saturated carbocycles. The summed E-state index contributed by atoms with van der Waals surface area (Å²) in [6.45, 7) is 0.207. The molecule has 3 rings (SSSR count). The van der Waals surface area contributed by atoms with Crippen molar-refractivity contribution in [1.82, 2.24) is 14.1 Å². The van der Waals surface area contributed by atoms with Crippen molar-refractivity contribution in [1.29, 1.82) is 0 Å². The van der Waals surface area contributed by atoms with Crippen LogP contribution in [0.15, 0.2) is 58.4 Å². The molecule has 1 aromatic carbocycles. The van der Waals surface area contributed by atoms with E-state index in [4.69, 9.17) is 0 Å². The van der Waals surface area contributed by atoms with Crippen molar-refractivity contribution >= 4 is 5.82 Å². The third-order valence-corrected chi connectivity index (χ3v) is 3.97. The molecule has 8 heteroatoms. The smallest absolute Gasteiger partial charge is 0.332 e. The Morgan fingerprint density at radius 2 is 1.81 bits per heavy atom. The molecule has 134 valence electrons. The minimum Gasteiger partial charge on any atom is -0.367 e. The lowest BCUT2D eigenvalue weighted by atomic mass is 10.2. The largest absolute Gasteiger partial charge is 0.367 e. The molecule has 0 radical (unpaired) electrons. The van der Waals surface area contributed by atoms with Crippen LogP contribution >= 0.6 is 0 Å². The van der Waals surface area contributed by atoms with Crippen molar-refractivity contribution in [2.24, 2.45) is 7.05 Å². The summed E-state index contributed by atoms with van der Waals surface area (Å²) in [5.41, 5.74) is -0.0479. The van der Waals surface area contributed by atoms with E-state index in [0.717, 1.165) is 22.3 Å². The van der Waals surface area contributed by atoms with Gasteiger partial charge in [0.25, 0.3) is 5.56 Å². The number of halogens is 2. The quantitative estimate of drug-likeness (QED) is 0.756. The average molecular weight is 358 g/mol. The van der Waals surface area contributed by atoms with Gasteiger partial charge in [0.15, 0.2) is 0 Å². The Kier molecular flexibility index (Phi) is 4.92. The maximum atomic E-state index is 14.0. The Morgan fingerprint density at radius 3 is 2.50 bits per heavy atom. The van der Waals surface area contributed by atoms with E-state index in [1.807, 2.05) is 0 Å². The van der Waals surface area contributed by atoms with Crippen LogP contribution in [0.4, 0.5) is 14.6 Å². The van der Waals surface area contributed by atoms with Gasteiger partial charge in [0.2, 0.25) is 0 Å². The zero-order valence-electron chi connectivity index (χ0n) is 13.9. The molecule has 0 atom stereocenters. The van der Waals surface area contributed by atoms with Crippen LogP contribution in [-0.4, -0.2) is 14.1 Å².